The Kier molecular flexibility index (Phi) is 4.09. The Morgan fingerprint density at radius 2 is 1.92 bits per heavy atom. The highest BCUT2D eigenvalue weighted by atomic mass is 16.3. The number of fused-ring (bicyclic) bond motifs is 2. The van der Waals surface area contributed by atoms with Crippen LogP contribution in [0.3, 0.4) is 0 Å². The Labute approximate surface area is 150 Å². The van der Waals surface area contributed by atoms with E-state index in [0.717, 1.165) is 24.0 Å². The molecule has 4 rings (SSSR count). The van der Waals surface area contributed by atoms with E-state index >= 15 is 0 Å². The highest BCUT2D eigenvalue weighted by Crippen LogP contribution is 2.34. The number of aromatic amines is 1. The van der Waals surface area contributed by atoms with Gasteiger partial charge in [-0.2, -0.15) is 0 Å². The maximum atomic E-state index is 12.5. The normalized spacial score (nSPS) is 19.1. The molecule has 1 aliphatic rings. The summed E-state index contributed by atoms with van der Waals surface area (Å²) in [4.78, 5) is 27.3. The van der Waals surface area contributed by atoms with Gasteiger partial charge in [0.15, 0.2) is 0 Å². The molecular formula is C21H20N2O3. The van der Waals surface area contributed by atoms with Gasteiger partial charge in [-0.3, -0.25) is 9.59 Å². The van der Waals surface area contributed by atoms with Gasteiger partial charge in [-0.1, -0.05) is 42.5 Å². The summed E-state index contributed by atoms with van der Waals surface area (Å²) < 4.78 is 0. The predicted octanol–water partition coefficient (Wildman–Crippen LogP) is 2.48. The number of carbonyl (C=O) groups is 1. The van der Waals surface area contributed by atoms with Crippen molar-refractivity contribution in [2.24, 2.45) is 0 Å². The van der Waals surface area contributed by atoms with Gasteiger partial charge in [0.05, 0.1) is 6.54 Å². The van der Waals surface area contributed by atoms with E-state index in [1.54, 1.807) is 24.3 Å². The SMILES string of the molecule is O=C(NC[C@@]1(O)CCCc2ccccc21)c1cc2ccccc2c(=O)[nH]1. The van der Waals surface area contributed by atoms with Crippen LogP contribution in [0.1, 0.15) is 34.5 Å². The Bertz CT molecular complexity index is 1040. The van der Waals surface area contributed by atoms with Crippen molar-refractivity contribution in [3.05, 3.63) is 81.8 Å². The number of aliphatic hydroxyl groups is 1. The summed E-state index contributed by atoms with van der Waals surface area (Å²) in [6, 6.07) is 16.6. The maximum Gasteiger partial charge on any atom is 0.267 e. The summed E-state index contributed by atoms with van der Waals surface area (Å²) in [5, 5.41) is 15.1. The van der Waals surface area contributed by atoms with E-state index in [1.807, 2.05) is 30.3 Å². The van der Waals surface area contributed by atoms with Gasteiger partial charge in [-0.25, -0.2) is 0 Å². The summed E-state index contributed by atoms with van der Waals surface area (Å²) in [5.74, 6) is -0.399. The lowest BCUT2D eigenvalue weighted by Crippen LogP contribution is -2.43. The highest BCUT2D eigenvalue weighted by Gasteiger charge is 2.34. The highest BCUT2D eigenvalue weighted by molar-refractivity contribution is 5.96. The molecule has 1 aromatic heterocycles. The topological polar surface area (TPSA) is 82.2 Å². The van der Waals surface area contributed by atoms with Crippen LogP contribution in [0.2, 0.25) is 0 Å². The van der Waals surface area contributed by atoms with E-state index in [2.05, 4.69) is 10.3 Å². The fourth-order valence-corrected chi connectivity index (χ4v) is 3.74. The first-order valence-corrected chi connectivity index (χ1v) is 8.78. The average Bonchev–Trinajstić information content (AvgIpc) is 2.66. The molecule has 1 aliphatic carbocycles. The molecule has 0 spiro atoms. The molecule has 0 bridgehead atoms. The maximum absolute atomic E-state index is 12.5. The van der Waals surface area contributed by atoms with Crippen LogP contribution in [0.25, 0.3) is 10.8 Å². The first-order chi connectivity index (χ1) is 12.6. The molecule has 0 unspecified atom stereocenters. The zero-order valence-corrected chi connectivity index (χ0v) is 14.3. The van der Waals surface area contributed by atoms with Crippen LogP contribution < -0.4 is 10.9 Å². The number of benzene rings is 2. The Balaban J connectivity index is 1.57. The minimum atomic E-state index is -1.08. The van der Waals surface area contributed by atoms with Crippen molar-refractivity contribution < 1.29 is 9.90 Å². The minimum Gasteiger partial charge on any atom is -0.383 e. The molecule has 0 saturated heterocycles. The Morgan fingerprint density at radius 1 is 1.15 bits per heavy atom. The van der Waals surface area contributed by atoms with Gasteiger partial charge in [0.2, 0.25) is 0 Å². The first-order valence-electron chi connectivity index (χ1n) is 8.78. The van der Waals surface area contributed by atoms with Gasteiger partial charge < -0.3 is 15.4 Å². The van der Waals surface area contributed by atoms with E-state index in [-0.39, 0.29) is 17.8 Å². The average molecular weight is 348 g/mol. The Hall–Kier alpha value is -2.92. The summed E-state index contributed by atoms with van der Waals surface area (Å²) in [6.07, 6.45) is 2.40. The number of nitrogens with one attached hydrogen (secondary N) is 2. The van der Waals surface area contributed by atoms with E-state index in [0.29, 0.717) is 17.2 Å². The lowest BCUT2D eigenvalue weighted by Gasteiger charge is -2.34. The summed E-state index contributed by atoms with van der Waals surface area (Å²) >= 11 is 0. The molecule has 5 heteroatoms. The third-order valence-electron chi connectivity index (χ3n) is 5.09. The first kappa shape index (κ1) is 16.5. The molecule has 0 fully saturated rings. The lowest BCUT2D eigenvalue weighted by atomic mass is 9.79. The second-order valence-corrected chi connectivity index (χ2v) is 6.82. The van der Waals surface area contributed by atoms with Crippen molar-refractivity contribution in [3.63, 3.8) is 0 Å². The molecule has 1 amide bonds. The summed E-state index contributed by atoms with van der Waals surface area (Å²) in [6.45, 7) is 0.109. The number of aryl methyl sites for hydroxylation is 1. The number of hydrogen-bond donors (Lipinski definition) is 3. The Morgan fingerprint density at radius 3 is 2.81 bits per heavy atom. The molecule has 132 valence electrons. The van der Waals surface area contributed by atoms with Crippen LogP contribution in [0.5, 0.6) is 0 Å². The van der Waals surface area contributed by atoms with Crippen molar-refractivity contribution in [2.45, 2.75) is 24.9 Å². The van der Waals surface area contributed by atoms with Gasteiger partial charge in [0, 0.05) is 5.39 Å². The summed E-state index contributed by atoms with van der Waals surface area (Å²) in [5.41, 5.74) is 0.811. The van der Waals surface area contributed by atoms with Crippen LogP contribution in [-0.4, -0.2) is 22.5 Å². The fourth-order valence-electron chi connectivity index (χ4n) is 3.74. The van der Waals surface area contributed by atoms with E-state index in [9.17, 15) is 14.7 Å². The molecule has 0 aliphatic heterocycles. The molecule has 2 aromatic carbocycles. The number of amides is 1. The molecule has 0 saturated carbocycles. The number of aromatic nitrogens is 1. The third kappa shape index (κ3) is 2.91. The minimum absolute atomic E-state index is 0.109. The van der Waals surface area contributed by atoms with Crippen molar-refractivity contribution in [2.75, 3.05) is 6.54 Å². The second-order valence-electron chi connectivity index (χ2n) is 6.82. The van der Waals surface area contributed by atoms with E-state index in [1.165, 1.54) is 0 Å². The summed E-state index contributed by atoms with van der Waals surface area (Å²) in [7, 11) is 0. The molecule has 3 N–H and O–H groups in total. The molecule has 0 radical (unpaired) electrons. The zero-order chi connectivity index (χ0) is 18.1. The number of carbonyl (C=O) groups excluding carboxylic acids is 1. The van der Waals surface area contributed by atoms with E-state index in [4.69, 9.17) is 0 Å². The quantitative estimate of drug-likeness (QED) is 0.680. The van der Waals surface area contributed by atoms with E-state index < -0.39 is 11.5 Å². The molecule has 3 aromatic rings. The van der Waals surface area contributed by atoms with Gasteiger partial charge >= 0.3 is 0 Å². The van der Waals surface area contributed by atoms with Crippen LogP contribution in [0.4, 0.5) is 0 Å². The monoisotopic (exact) mass is 348 g/mol. The van der Waals surface area contributed by atoms with Gasteiger partial charge in [-0.05, 0) is 47.9 Å². The van der Waals surface area contributed by atoms with Crippen molar-refractivity contribution in [1.82, 2.24) is 10.3 Å². The predicted molar refractivity (Wildman–Crippen MR) is 100 cm³/mol. The van der Waals surface area contributed by atoms with Crippen LogP contribution in [-0.2, 0) is 12.0 Å². The standard InChI is InChI=1S/C21H20N2O3/c24-19-16-9-3-1-7-15(16)12-18(23-19)20(25)22-13-21(26)11-5-8-14-6-2-4-10-17(14)21/h1-4,6-7,9-10,12,26H,5,8,11,13H2,(H,22,25)(H,23,24)/t21-/m0/s1. The van der Waals surface area contributed by atoms with Crippen molar-refractivity contribution in [3.8, 4) is 0 Å². The second kappa shape index (κ2) is 6.42. The van der Waals surface area contributed by atoms with Crippen LogP contribution in [0, 0.1) is 0 Å². The zero-order valence-electron chi connectivity index (χ0n) is 14.3. The van der Waals surface area contributed by atoms with Crippen molar-refractivity contribution >= 4 is 16.7 Å². The molecule has 26 heavy (non-hydrogen) atoms. The molecule has 1 heterocycles. The van der Waals surface area contributed by atoms with Gasteiger partial charge in [0.25, 0.3) is 11.5 Å². The molecule has 5 nitrogen and oxygen atoms in total. The number of rotatable bonds is 3. The number of H-pyrrole nitrogens is 1. The van der Waals surface area contributed by atoms with Crippen LogP contribution >= 0.6 is 0 Å². The largest absolute Gasteiger partial charge is 0.383 e. The van der Waals surface area contributed by atoms with Gasteiger partial charge in [0.1, 0.15) is 11.3 Å². The van der Waals surface area contributed by atoms with Crippen LogP contribution in [0.15, 0.2) is 59.4 Å². The van der Waals surface area contributed by atoms with Crippen molar-refractivity contribution in [1.29, 1.82) is 0 Å². The number of hydrogen-bond acceptors (Lipinski definition) is 3. The fraction of sp³-hybridized carbons (Fsp3) is 0.238. The number of pyridine rings is 1. The molecule has 1 atom stereocenters. The molecular weight excluding hydrogens is 328 g/mol. The third-order valence-corrected chi connectivity index (χ3v) is 5.09. The lowest BCUT2D eigenvalue weighted by molar-refractivity contribution is 0.0189. The van der Waals surface area contributed by atoms with Gasteiger partial charge in [-0.15, -0.1) is 0 Å². The smallest absolute Gasteiger partial charge is 0.267 e.